The third-order valence-corrected chi connectivity index (χ3v) is 4.77. The third-order valence-electron chi connectivity index (χ3n) is 4.77. The zero-order valence-corrected chi connectivity index (χ0v) is 16.3. The molecule has 7 heteroatoms. The molecule has 2 heterocycles. The van der Waals surface area contributed by atoms with Gasteiger partial charge in [-0.2, -0.15) is 0 Å². The van der Waals surface area contributed by atoms with E-state index in [9.17, 15) is 14.7 Å². The van der Waals surface area contributed by atoms with E-state index in [0.717, 1.165) is 11.1 Å². The van der Waals surface area contributed by atoms with Gasteiger partial charge >= 0.3 is 0 Å². The van der Waals surface area contributed by atoms with Gasteiger partial charge in [-0.15, -0.1) is 0 Å². The van der Waals surface area contributed by atoms with Crippen LogP contribution in [0, 0.1) is 13.8 Å². The lowest BCUT2D eigenvalue weighted by Gasteiger charge is -2.23. The van der Waals surface area contributed by atoms with Crippen molar-refractivity contribution in [2.45, 2.75) is 19.9 Å². The van der Waals surface area contributed by atoms with E-state index < -0.39 is 17.7 Å². The molecule has 28 heavy (non-hydrogen) atoms. The van der Waals surface area contributed by atoms with Crippen LogP contribution in [0.1, 0.15) is 28.5 Å². The van der Waals surface area contributed by atoms with Crippen molar-refractivity contribution in [1.29, 1.82) is 0 Å². The second-order valence-corrected chi connectivity index (χ2v) is 6.66. The van der Waals surface area contributed by atoms with E-state index in [1.807, 2.05) is 19.9 Å². The average Bonchev–Trinajstić information content (AvgIpc) is 3.27. The minimum atomic E-state index is -0.837. The molecule has 1 unspecified atom stereocenters. The first-order valence-corrected chi connectivity index (χ1v) is 8.87. The van der Waals surface area contributed by atoms with Crippen LogP contribution in [0.4, 0.5) is 0 Å². The second kappa shape index (κ2) is 7.90. The lowest BCUT2D eigenvalue weighted by molar-refractivity contribution is -0.140. The highest BCUT2D eigenvalue weighted by Crippen LogP contribution is 2.41. The van der Waals surface area contributed by atoms with E-state index in [4.69, 9.17) is 13.9 Å². The number of carbonyl (C=O) groups excluding carboxylic acids is 2. The molecule has 1 N–H and O–H groups in total. The normalized spacial score (nSPS) is 18.7. The summed E-state index contributed by atoms with van der Waals surface area (Å²) in [5, 5.41) is 11.1. The first-order valence-electron chi connectivity index (χ1n) is 8.87. The number of Topliss-reactive ketones (excluding diaryl/α,β-unsaturated/α-hetero) is 1. The van der Waals surface area contributed by atoms with Gasteiger partial charge in [-0.1, -0.05) is 6.07 Å². The molecule has 148 valence electrons. The fourth-order valence-corrected chi connectivity index (χ4v) is 3.59. The van der Waals surface area contributed by atoms with Crippen LogP contribution in [0.25, 0.3) is 5.76 Å². The highest BCUT2D eigenvalue weighted by Gasteiger charge is 2.47. The zero-order chi connectivity index (χ0) is 20.4. The fraction of sp³-hybridized carbons (Fsp3) is 0.333. The van der Waals surface area contributed by atoms with Crippen molar-refractivity contribution in [3.8, 4) is 5.75 Å². The van der Waals surface area contributed by atoms with Crippen LogP contribution >= 0.6 is 0 Å². The van der Waals surface area contributed by atoms with Crippen molar-refractivity contribution in [1.82, 2.24) is 4.90 Å². The topological polar surface area (TPSA) is 89.2 Å². The Morgan fingerprint density at radius 3 is 2.61 bits per heavy atom. The van der Waals surface area contributed by atoms with Crippen molar-refractivity contribution >= 4 is 17.4 Å². The molecule has 1 amide bonds. The Morgan fingerprint density at radius 1 is 1.25 bits per heavy atom. The number of ether oxygens (including phenoxy) is 2. The first kappa shape index (κ1) is 19.7. The first-order chi connectivity index (χ1) is 13.4. The van der Waals surface area contributed by atoms with Crippen molar-refractivity contribution in [3.05, 3.63) is 58.6 Å². The molecule has 0 bridgehead atoms. The minimum absolute atomic E-state index is 0.0284. The Kier molecular flexibility index (Phi) is 5.56. The molecule has 0 saturated carbocycles. The lowest BCUT2D eigenvalue weighted by atomic mass is 9.96. The SMILES string of the molecule is COCCN1C(=O)C(=O)/C(=C(\O)c2cc(C)cc(C)c2OC)C1c1ccco1. The number of aryl methyl sites for hydroxylation is 2. The van der Waals surface area contributed by atoms with Gasteiger partial charge in [0.1, 0.15) is 23.3 Å². The molecule has 1 aromatic carbocycles. The number of amides is 1. The van der Waals surface area contributed by atoms with Crippen molar-refractivity contribution in [2.24, 2.45) is 0 Å². The van der Waals surface area contributed by atoms with E-state index in [2.05, 4.69) is 0 Å². The summed E-state index contributed by atoms with van der Waals surface area (Å²) < 4.78 is 16.0. The van der Waals surface area contributed by atoms with Gasteiger partial charge in [-0.3, -0.25) is 9.59 Å². The number of hydrogen-bond acceptors (Lipinski definition) is 6. The van der Waals surface area contributed by atoms with E-state index >= 15 is 0 Å². The number of benzene rings is 1. The molecule has 2 aromatic rings. The van der Waals surface area contributed by atoms with Gasteiger partial charge in [0.15, 0.2) is 0 Å². The van der Waals surface area contributed by atoms with E-state index in [0.29, 0.717) is 17.1 Å². The molecule has 0 aliphatic carbocycles. The number of methoxy groups -OCH3 is 2. The molecule has 0 spiro atoms. The lowest BCUT2D eigenvalue weighted by Crippen LogP contribution is -2.32. The Balaban J connectivity index is 2.22. The number of likely N-dealkylation sites (tertiary alicyclic amines) is 1. The number of furan rings is 1. The standard InChI is InChI=1S/C21H23NO6/c1-12-10-13(2)20(27-4)14(11-12)18(23)16-17(15-6-5-8-28-15)22(7-9-26-3)21(25)19(16)24/h5-6,8,10-11,17,23H,7,9H2,1-4H3/b18-16-. The summed E-state index contributed by atoms with van der Waals surface area (Å²) in [5.41, 5.74) is 2.04. The maximum absolute atomic E-state index is 12.8. The second-order valence-electron chi connectivity index (χ2n) is 6.66. The van der Waals surface area contributed by atoms with E-state index in [1.165, 1.54) is 25.4 Å². The molecular formula is C21H23NO6. The van der Waals surface area contributed by atoms with Crippen LogP contribution in [0.15, 0.2) is 40.5 Å². The van der Waals surface area contributed by atoms with Gasteiger partial charge in [0.25, 0.3) is 11.7 Å². The highest BCUT2D eigenvalue weighted by atomic mass is 16.5. The quantitative estimate of drug-likeness (QED) is 0.467. The molecular weight excluding hydrogens is 362 g/mol. The molecule has 1 aromatic heterocycles. The summed E-state index contributed by atoms with van der Waals surface area (Å²) in [6.45, 7) is 4.17. The fourth-order valence-electron chi connectivity index (χ4n) is 3.59. The van der Waals surface area contributed by atoms with Gasteiger partial charge < -0.3 is 23.9 Å². The van der Waals surface area contributed by atoms with Crippen molar-refractivity contribution in [3.63, 3.8) is 0 Å². The molecule has 1 aliphatic rings. The summed E-state index contributed by atoms with van der Waals surface area (Å²) in [6.07, 6.45) is 1.46. The summed E-state index contributed by atoms with van der Waals surface area (Å²) in [7, 11) is 3.01. The summed E-state index contributed by atoms with van der Waals surface area (Å²) >= 11 is 0. The Bertz CT molecular complexity index is 929. The Labute approximate surface area is 163 Å². The number of nitrogens with zero attached hydrogens (tertiary/aromatic N) is 1. The molecule has 1 saturated heterocycles. The van der Waals surface area contributed by atoms with Gasteiger partial charge in [-0.25, -0.2) is 0 Å². The summed E-state index contributed by atoms with van der Waals surface area (Å²) in [6, 6.07) is 6.14. The van der Waals surface area contributed by atoms with E-state index in [1.54, 1.807) is 18.2 Å². The van der Waals surface area contributed by atoms with Crippen molar-refractivity contribution in [2.75, 3.05) is 27.4 Å². The van der Waals surface area contributed by atoms with Crippen molar-refractivity contribution < 1.29 is 28.6 Å². The largest absolute Gasteiger partial charge is 0.507 e. The molecule has 0 radical (unpaired) electrons. The predicted molar refractivity (Wildman–Crippen MR) is 102 cm³/mol. The van der Waals surface area contributed by atoms with Crippen LogP contribution in [-0.4, -0.2) is 49.1 Å². The van der Waals surface area contributed by atoms with Crippen LogP contribution < -0.4 is 4.74 Å². The molecule has 7 nitrogen and oxygen atoms in total. The average molecular weight is 385 g/mol. The van der Waals surface area contributed by atoms with Gasteiger partial charge in [0, 0.05) is 13.7 Å². The smallest absolute Gasteiger partial charge is 0.295 e. The van der Waals surface area contributed by atoms with Crippen LogP contribution in [0.5, 0.6) is 5.75 Å². The number of aliphatic hydroxyl groups is 1. The third kappa shape index (κ3) is 3.29. The molecule has 3 rings (SSSR count). The van der Waals surface area contributed by atoms with Gasteiger partial charge in [-0.05, 0) is 43.2 Å². The minimum Gasteiger partial charge on any atom is -0.507 e. The molecule has 1 aliphatic heterocycles. The number of ketones is 1. The number of aliphatic hydroxyl groups excluding tert-OH is 1. The zero-order valence-electron chi connectivity index (χ0n) is 16.3. The monoisotopic (exact) mass is 385 g/mol. The summed E-state index contributed by atoms with van der Waals surface area (Å²) in [5.74, 6) is -0.924. The predicted octanol–water partition coefficient (Wildman–Crippen LogP) is 2.97. The Morgan fingerprint density at radius 2 is 2.00 bits per heavy atom. The number of carbonyl (C=O) groups is 2. The van der Waals surface area contributed by atoms with Crippen LogP contribution in [-0.2, 0) is 14.3 Å². The maximum Gasteiger partial charge on any atom is 0.295 e. The van der Waals surface area contributed by atoms with Gasteiger partial charge in [0.2, 0.25) is 0 Å². The van der Waals surface area contributed by atoms with Crippen LogP contribution in [0.3, 0.4) is 0 Å². The van der Waals surface area contributed by atoms with Gasteiger partial charge in [0.05, 0.1) is 31.1 Å². The summed E-state index contributed by atoms with van der Waals surface area (Å²) in [4.78, 5) is 26.8. The van der Waals surface area contributed by atoms with E-state index in [-0.39, 0.29) is 24.5 Å². The maximum atomic E-state index is 12.8. The number of hydrogen-bond donors (Lipinski definition) is 1. The molecule has 1 fully saturated rings. The Hall–Kier alpha value is -3.06. The highest BCUT2D eigenvalue weighted by molar-refractivity contribution is 6.46. The number of rotatable bonds is 6. The van der Waals surface area contributed by atoms with Crippen LogP contribution in [0.2, 0.25) is 0 Å². The molecule has 1 atom stereocenters.